The van der Waals surface area contributed by atoms with Crippen molar-refractivity contribution in [2.45, 2.75) is 51.0 Å². The molecule has 0 unspecified atom stereocenters. The van der Waals surface area contributed by atoms with Crippen molar-refractivity contribution in [1.29, 1.82) is 5.26 Å². The molecule has 2 N–H and O–H groups in total. The van der Waals surface area contributed by atoms with Crippen LogP contribution in [0.25, 0.3) is 10.9 Å². The molecule has 1 atom stereocenters. The molecule has 2 aliphatic rings. The summed E-state index contributed by atoms with van der Waals surface area (Å²) in [6.07, 6.45) is 5.95. The first-order chi connectivity index (χ1) is 14.3. The third-order valence-corrected chi connectivity index (χ3v) is 5.45. The number of aromatic nitrogens is 1. The maximum absolute atomic E-state index is 13.6. The van der Waals surface area contributed by atoms with E-state index in [1.165, 1.54) is 12.1 Å². The van der Waals surface area contributed by atoms with Crippen molar-refractivity contribution in [2.75, 3.05) is 0 Å². The molecule has 8 heteroatoms. The number of carbonyl (C=O) groups is 1. The van der Waals surface area contributed by atoms with E-state index in [2.05, 4.69) is 15.3 Å². The number of amides is 1. The van der Waals surface area contributed by atoms with Gasteiger partial charge in [0.1, 0.15) is 11.8 Å². The quantitative estimate of drug-likeness (QED) is 0.751. The number of nitrogens with zero attached hydrogens (tertiary/aromatic N) is 2. The zero-order valence-corrected chi connectivity index (χ0v) is 16.8. The molecule has 1 fully saturated rings. The Morgan fingerprint density at radius 3 is 2.73 bits per heavy atom. The van der Waals surface area contributed by atoms with Gasteiger partial charge < -0.3 is 10.3 Å². The zero-order valence-electron chi connectivity index (χ0n) is 16.8. The minimum Gasteiger partial charge on any atom is -0.351 e. The lowest BCUT2D eigenvalue weighted by Crippen LogP contribution is -2.27. The Morgan fingerprint density at radius 2 is 2.10 bits per heavy atom. The lowest BCUT2D eigenvalue weighted by Gasteiger charge is -2.14. The molecule has 1 aromatic carbocycles. The molecule has 1 saturated carbocycles. The van der Waals surface area contributed by atoms with Crippen LogP contribution in [0.1, 0.15) is 45.1 Å². The third-order valence-electron chi connectivity index (χ3n) is 5.45. The molecule has 1 aliphatic carbocycles. The molecule has 2 heterocycles. The van der Waals surface area contributed by atoms with Crippen LogP contribution < -0.4 is 10.9 Å². The number of carbonyl (C=O) groups excluding carboxylic acids is 1. The molecule has 1 aliphatic heterocycles. The SMILES string of the molecule is CC1(c2cc3c(F)c(F)ccc3[nH]c2=O)CC1.C[C@H](NC=O)C1=CCCC(C#N)=N1. The summed E-state index contributed by atoms with van der Waals surface area (Å²) in [5, 5.41) is 11.4. The van der Waals surface area contributed by atoms with Crippen molar-refractivity contribution in [1.82, 2.24) is 10.3 Å². The number of H-pyrrole nitrogens is 1. The molecule has 0 saturated heterocycles. The van der Waals surface area contributed by atoms with Crippen LogP contribution in [0, 0.1) is 23.0 Å². The van der Waals surface area contributed by atoms with Gasteiger partial charge >= 0.3 is 0 Å². The number of pyridine rings is 1. The number of nitriles is 1. The maximum atomic E-state index is 13.6. The van der Waals surface area contributed by atoms with Gasteiger partial charge in [0.2, 0.25) is 6.41 Å². The maximum Gasteiger partial charge on any atom is 0.252 e. The highest BCUT2D eigenvalue weighted by molar-refractivity contribution is 5.99. The van der Waals surface area contributed by atoms with Crippen molar-refractivity contribution in [2.24, 2.45) is 4.99 Å². The number of benzene rings is 1. The van der Waals surface area contributed by atoms with E-state index in [4.69, 9.17) is 5.26 Å². The van der Waals surface area contributed by atoms with Gasteiger partial charge in [0.15, 0.2) is 11.6 Å². The van der Waals surface area contributed by atoms with Gasteiger partial charge in [0.25, 0.3) is 5.56 Å². The van der Waals surface area contributed by atoms with Crippen LogP contribution in [0.3, 0.4) is 0 Å². The molecular weight excluding hydrogens is 390 g/mol. The van der Waals surface area contributed by atoms with Crippen LogP contribution in [-0.4, -0.2) is 23.1 Å². The standard InChI is InChI=1S/C13H11F2NO.C9H11N3O/c1-13(4-5-13)8-6-7-10(16-12(8)17)3-2-9(14)11(7)15;1-7(11-6-13)9-4-2-3-8(5-10)12-9/h2-3,6H,4-5H2,1H3,(H,16,17);4,6-7H,2-3H2,1H3,(H,11,13)/t;7-/m.0/s1. The van der Waals surface area contributed by atoms with Crippen LogP contribution in [0.15, 0.2) is 39.8 Å². The van der Waals surface area contributed by atoms with E-state index in [1.54, 1.807) is 0 Å². The van der Waals surface area contributed by atoms with Crippen molar-refractivity contribution < 1.29 is 13.6 Å². The average Bonchev–Trinajstić information content (AvgIpc) is 3.49. The van der Waals surface area contributed by atoms with Crippen LogP contribution in [0.2, 0.25) is 0 Å². The first-order valence-electron chi connectivity index (χ1n) is 9.68. The lowest BCUT2D eigenvalue weighted by molar-refractivity contribution is -0.109. The van der Waals surface area contributed by atoms with E-state index in [0.717, 1.165) is 31.0 Å². The van der Waals surface area contributed by atoms with Crippen LogP contribution in [-0.2, 0) is 10.2 Å². The van der Waals surface area contributed by atoms with E-state index in [9.17, 15) is 18.4 Å². The summed E-state index contributed by atoms with van der Waals surface area (Å²) >= 11 is 0. The molecule has 30 heavy (non-hydrogen) atoms. The summed E-state index contributed by atoms with van der Waals surface area (Å²) < 4.78 is 26.7. The number of allylic oxidation sites excluding steroid dienone is 1. The molecule has 0 radical (unpaired) electrons. The number of halogens is 2. The van der Waals surface area contributed by atoms with Gasteiger partial charge in [-0.1, -0.05) is 13.0 Å². The largest absolute Gasteiger partial charge is 0.351 e. The highest BCUT2D eigenvalue weighted by Crippen LogP contribution is 2.46. The number of fused-ring (bicyclic) bond motifs is 1. The molecular formula is C22H22F2N4O2. The number of nitrogens with one attached hydrogen (secondary N) is 2. The summed E-state index contributed by atoms with van der Waals surface area (Å²) in [6, 6.07) is 5.80. The Balaban J connectivity index is 0.000000178. The second-order valence-corrected chi connectivity index (χ2v) is 7.74. The summed E-state index contributed by atoms with van der Waals surface area (Å²) in [5.74, 6) is -1.79. The summed E-state index contributed by atoms with van der Waals surface area (Å²) in [4.78, 5) is 28.7. The summed E-state index contributed by atoms with van der Waals surface area (Å²) in [6.45, 7) is 3.80. The van der Waals surface area contributed by atoms with Gasteiger partial charge in [0.05, 0.1) is 17.3 Å². The molecule has 2 aromatic rings. The van der Waals surface area contributed by atoms with Gasteiger partial charge in [0, 0.05) is 17.4 Å². The number of aromatic amines is 1. The van der Waals surface area contributed by atoms with Crippen molar-refractivity contribution in [3.05, 3.63) is 57.5 Å². The minimum atomic E-state index is -0.899. The van der Waals surface area contributed by atoms with Gasteiger partial charge in [-0.15, -0.1) is 0 Å². The summed E-state index contributed by atoms with van der Waals surface area (Å²) in [7, 11) is 0. The summed E-state index contributed by atoms with van der Waals surface area (Å²) in [5.41, 5.74) is 1.83. The fraction of sp³-hybridized carbons (Fsp3) is 0.364. The predicted molar refractivity (Wildman–Crippen MR) is 110 cm³/mol. The molecule has 156 valence electrons. The number of aliphatic imine (C=N–C) groups is 1. The van der Waals surface area contributed by atoms with E-state index in [-0.39, 0.29) is 22.4 Å². The van der Waals surface area contributed by atoms with Crippen LogP contribution >= 0.6 is 0 Å². The smallest absolute Gasteiger partial charge is 0.252 e. The second-order valence-electron chi connectivity index (χ2n) is 7.74. The number of hydrogen-bond acceptors (Lipinski definition) is 4. The van der Waals surface area contributed by atoms with E-state index < -0.39 is 11.6 Å². The topological polar surface area (TPSA) is 98.1 Å². The Hall–Kier alpha value is -3.34. The van der Waals surface area contributed by atoms with E-state index in [1.807, 2.05) is 26.0 Å². The van der Waals surface area contributed by atoms with Crippen LogP contribution in [0.5, 0.6) is 0 Å². The number of rotatable bonds is 4. The Bertz CT molecular complexity index is 1140. The van der Waals surface area contributed by atoms with Crippen molar-refractivity contribution in [3.8, 4) is 6.07 Å². The van der Waals surface area contributed by atoms with Gasteiger partial charge in [-0.05, 0) is 49.8 Å². The Labute approximate surface area is 172 Å². The Kier molecular flexibility index (Phi) is 6.11. The lowest BCUT2D eigenvalue weighted by atomic mass is 9.98. The molecule has 6 nitrogen and oxygen atoms in total. The van der Waals surface area contributed by atoms with Crippen LogP contribution in [0.4, 0.5) is 8.78 Å². The molecule has 0 bridgehead atoms. The monoisotopic (exact) mass is 412 g/mol. The minimum absolute atomic E-state index is 0.110. The molecule has 0 spiro atoms. The zero-order chi connectivity index (χ0) is 21.9. The van der Waals surface area contributed by atoms with Gasteiger partial charge in [-0.3, -0.25) is 9.59 Å². The van der Waals surface area contributed by atoms with Crippen molar-refractivity contribution >= 4 is 23.0 Å². The van der Waals surface area contributed by atoms with E-state index in [0.29, 0.717) is 29.6 Å². The molecule has 1 aromatic heterocycles. The van der Waals surface area contributed by atoms with E-state index >= 15 is 0 Å². The molecule has 4 rings (SSSR count). The fourth-order valence-corrected chi connectivity index (χ4v) is 3.28. The fourth-order valence-electron chi connectivity index (χ4n) is 3.28. The van der Waals surface area contributed by atoms with Gasteiger partial charge in [-0.25, -0.2) is 13.8 Å². The second kappa shape index (κ2) is 8.57. The highest BCUT2D eigenvalue weighted by Gasteiger charge is 2.41. The van der Waals surface area contributed by atoms with Gasteiger partial charge in [-0.2, -0.15) is 5.26 Å². The average molecular weight is 412 g/mol. The Morgan fingerprint density at radius 1 is 1.37 bits per heavy atom. The molecule has 1 amide bonds. The first kappa shape index (κ1) is 21.4. The predicted octanol–water partition coefficient (Wildman–Crippen LogP) is 3.62. The highest BCUT2D eigenvalue weighted by atomic mass is 19.2. The third kappa shape index (κ3) is 4.46. The van der Waals surface area contributed by atoms with Crippen molar-refractivity contribution in [3.63, 3.8) is 0 Å². The number of hydrogen-bond donors (Lipinski definition) is 2. The normalized spacial score (nSPS) is 17.6. The first-order valence-corrected chi connectivity index (χ1v) is 9.68.